The number of hydrogen-bond acceptors (Lipinski definition) is 1. The van der Waals surface area contributed by atoms with Gasteiger partial charge in [0.25, 0.3) is 0 Å². The molecule has 0 aliphatic carbocycles. The fraction of sp³-hybridized carbons (Fsp3) is 0.333. The Morgan fingerprint density at radius 1 is 1.12 bits per heavy atom. The molecule has 0 amide bonds. The number of rotatable bonds is 4. The summed E-state index contributed by atoms with van der Waals surface area (Å²) < 4.78 is 4.90. The first-order valence-electron chi connectivity index (χ1n) is 2.21. The zero-order valence-electron chi connectivity index (χ0n) is 4.39. The van der Waals surface area contributed by atoms with E-state index in [1.165, 1.54) is 0 Å². The molecule has 0 atom stereocenters. The summed E-state index contributed by atoms with van der Waals surface area (Å²) in [6, 6.07) is 0. The second kappa shape index (κ2) is 10.4. The molecule has 0 heterocycles. The standard InChI is InChI=1S/C6H10O.Na.H/c1-3-5-7-6-4-2;;/h3-4H,1-2,5-6H2;;. The van der Waals surface area contributed by atoms with Crippen molar-refractivity contribution in [2.75, 3.05) is 13.2 Å². The van der Waals surface area contributed by atoms with Crippen LogP contribution in [0.2, 0.25) is 0 Å². The molecule has 1 nitrogen and oxygen atoms in total. The molecule has 0 aromatic carbocycles. The van der Waals surface area contributed by atoms with Crippen molar-refractivity contribution >= 4 is 29.6 Å². The van der Waals surface area contributed by atoms with E-state index in [2.05, 4.69) is 13.2 Å². The Kier molecular flexibility index (Phi) is 14.7. The van der Waals surface area contributed by atoms with Crippen LogP contribution in [0, 0.1) is 0 Å². The van der Waals surface area contributed by atoms with Crippen LogP contribution >= 0.6 is 0 Å². The minimum absolute atomic E-state index is 0. The minimum atomic E-state index is 0. The van der Waals surface area contributed by atoms with Crippen molar-refractivity contribution < 1.29 is 4.74 Å². The van der Waals surface area contributed by atoms with Crippen LogP contribution in [0.1, 0.15) is 0 Å². The molecule has 0 fully saturated rings. The molecule has 0 saturated carbocycles. The van der Waals surface area contributed by atoms with E-state index in [0.717, 1.165) is 0 Å². The molecule has 0 aliphatic heterocycles. The van der Waals surface area contributed by atoms with E-state index < -0.39 is 0 Å². The summed E-state index contributed by atoms with van der Waals surface area (Å²) in [5.74, 6) is 0. The first kappa shape index (κ1) is 11.3. The summed E-state index contributed by atoms with van der Waals surface area (Å²) in [4.78, 5) is 0. The average Bonchev–Trinajstić information content (AvgIpc) is 1.69. The van der Waals surface area contributed by atoms with Crippen LogP contribution in [-0.2, 0) is 4.74 Å². The van der Waals surface area contributed by atoms with Crippen LogP contribution < -0.4 is 0 Å². The van der Waals surface area contributed by atoms with Gasteiger partial charge in [0.2, 0.25) is 0 Å². The van der Waals surface area contributed by atoms with E-state index in [9.17, 15) is 0 Å². The molecule has 42 valence electrons. The molecule has 0 radical (unpaired) electrons. The van der Waals surface area contributed by atoms with Crippen molar-refractivity contribution in [3.8, 4) is 0 Å². The molecule has 0 N–H and O–H groups in total. The molecule has 8 heavy (non-hydrogen) atoms. The van der Waals surface area contributed by atoms with Crippen molar-refractivity contribution in [2.24, 2.45) is 0 Å². The SMILES string of the molecule is C=CCOCC=C.[NaH]. The first-order chi connectivity index (χ1) is 3.41. The molecular formula is C6H11NaO. The van der Waals surface area contributed by atoms with Gasteiger partial charge in [0.05, 0.1) is 13.2 Å². The summed E-state index contributed by atoms with van der Waals surface area (Å²) in [6.07, 6.45) is 3.42. The first-order valence-corrected chi connectivity index (χ1v) is 2.21. The van der Waals surface area contributed by atoms with Gasteiger partial charge in [0.15, 0.2) is 0 Å². The van der Waals surface area contributed by atoms with E-state index in [-0.39, 0.29) is 29.6 Å². The third kappa shape index (κ3) is 9.67. The van der Waals surface area contributed by atoms with Gasteiger partial charge in [-0.05, 0) is 0 Å². The molecular weight excluding hydrogens is 111 g/mol. The number of ether oxygens (including phenoxy) is 1. The van der Waals surface area contributed by atoms with Gasteiger partial charge in [-0.1, -0.05) is 12.2 Å². The Hall–Kier alpha value is 0.440. The van der Waals surface area contributed by atoms with Gasteiger partial charge < -0.3 is 4.74 Å². The van der Waals surface area contributed by atoms with Crippen LogP contribution in [0.15, 0.2) is 25.3 Å². The van der Waals surface area contributed by atoms with Crippen LogP contribution in [-0.4, -0.2) is 42.8 Å². The quantitative estimate of drug-likeness (QED) is 0.303. The van der Waals surface area contributed by atoms with E-state index in [0.29, 0.717) is 13.2 Å². The van der Waals surface area contributed by atoms with Crippen molar-refractivity contribution in [1.29, 1.82) is 0 Å². The second-order valence-electron chi connectivity index (χ2n) is 1.11. The Morgan fingerprint density at radius 3 is 1.75 bits per heavy atom. The summed E-state index contributed by atoms with van der Waals surface area (Å²) in [5.41, 5.74) is 0. The van der Waals surface area contributed by atoms with Gasteiger partial charge in [0.1, 0.15) is 0 Å². The molecule has 2 heteroatoms. The van der Waals surface area contributed by atoms with E-state index in [1.54, 1.807) is 12.2 Å². The van der Waals surface area contributed by atoms with Gasteiger partial charge in [-0.15, -0.1) is 13.2 Å². The van der Waals surface area contributed by atoms with Crippen molar-refractivity contribution in [3.05, 3.63) is 25.3 Å². The molecule has 0 aromatic rings. The fourth-order valence-corrected chi connectivity index (χ4v) is 0.235. The Morgan fingerprint density at radius 2 is 1.50 bits per heavy atom. The van der Waals surface area contributed by atoms with E-state index in [4.69, 9.17) is 4.74 Å². The van der Waals surface area contributed by atoms with Gasteiger partial charge in [0, 0.05) is 0 Å². The third-order valence-corrected chi connectivity index (χ3v) is 0.471. The van der Waals surface area contributed by atoms with Crippen LogP contribution in [0.4, 0.5) is 0 Å². The molecule has 0 bridgehead atoms. The van der Waals surface area contributed by atoms with Crippen LogP contribution in [0.25, 0.3) is 0 Å². The zero-order chi connectivity index (χ0) is 5.54. The Balaban J connectivity index is 0. The van der Waals surface area contributed by atoms with Crippen LogP contribution in [0.3, 0.4) is 0 Å². The van der Waals surface area contributed by atoms with Crippen molar-refractivity contribution in [2.45, 2.75) is 0 Å². The summed E-state index contributed by atoms with van der Waals surface area (Å²) in [6.45, 7) is 8.18. The van der Waals surface area contributed by atoms with E-state index >= 15 is 0 Å². The second-order valence-corrected chi connectivity index (χ2v) is 1.11. The van der Waals surface area contributed by atoms with E-state index in [1.807, 2.05) is 0 Å². The van der Waals surface area contributed by atoms with Gasteiger partial charge >= 0.3 is 29.6 Å². The topological polar surface area (TPSA) is 9.23 Å². The van der Waals surface area contributed by atoms with Gasteiger partial charge in [-0.25, -0.2) is 0 Å². The molecule has 0 aromatic heterocycles. The van der Waals surface area contributed by atoms with Crippen molar-refractivity contribution in [3.63, 3.8) is 0 Å². The Labute approximate surface area is 72.7 Å². The van der Waals surface area contributed by atoms with Gasteiger partial charge in [-0.2, -0.15) is 0 Å². The van der Waals surface area contributed by atoms with Crippen molar-refractivity contribution in [1.82, 2.24) is 0 Å². The molecule has 0 unspecified atom stereocenters. The maximum absolute atomic E-state index is 4.90. The summed E-state index contributed by atoms with van der Waals surface area (Å²) in [7, 11) is 0. The summed E-state index contributed by atoms with van der Waals surface area (Å²) >= 11 is 0. The average molecular weight is 122 g/mol. The fourth-order valence-electron chi connectivity index (χ4n) is 0.235. The predicted molar refractivity (Wildman–Crippen MR) is 38.4 cm³/mol. The van der Waals surface area contributed by atoms with Crippen LogP contribution in [0.5, 0.6) is 0 Å². The van der Waals surface area contributed by atoms with Gasteiger partial charge in [-0.3, -0.25) is 0 Å². The predicted octanol–water partition coefficient (Wildman–Crippen LogP) is 0.726. The monoisotopic (exact) mass is 122 g/mol. The molecule has 0 spiro atoms. The molecule has 0 aliphatic rings. The molecule has 0 rings (SSSR count). The zero-order valence-corrected chi connectivity index (χ0v) is 4.39. The number of hydrogen-bond donors (Lipinski definition) is 0. The maximum atomic E-state index is 4.90. The third-order valence-electron chi connectivity index (χ3n) is 0.471. The summed E-state index contributed by atoms with van der Waals surface area (Å²) in [5, 5.41) is 0. The Bertz CT molecular complexity index is 53.5. The normalized spacial score (nSPS) is 7.00. The molecule has 0 saturated heterocycles.